The normalized spacial score (nSPS) is 18.6. The van der Waals surface area contributed by atoms with Crippen LogP contribution in [0.25, 0.3) is 5.70 Å². The van der Waals surface area contributed by atoms with Crippen molar-refractivity contribution in [3.05, 3.63) is 71.0 Å². The van der Waals surface area contributed by atoms with Crippen molar-refractivity contribution in [3.8, 4) is 5.75 Å². The van der Waals surface area contributed by atoms with Crippen molar-refractivity contribution < 1.29 is 13.5 Å². The van der Waals surface area contributed by atoms with E-state index >= 15 is 0 Å². The van der Waals surface area contributed by atoms with E-state index in [4.69, 9.17) is 4.74 Å². The lowest BCUT2D eigenvalue weighted by Gasteiger charge is -2.43. The molecule has 1 unspecified atom stereocenters. The number of nitrogens with zero attached hydrogens (tertiary/aromatic N) is 1. The Labute approximate surface area is 166 Å². The fourth-order valence-electron chi connectivity index (χ4n) is 4.10. The number of hydrogen-bond acceptors (Lipinski definition) is 2. The van der Waals surface area contributed by atoms with Gasteiger partial charge in [-0.25, -0.2) is 8.78 Å². The molecule has 0 amide bonds. The number of allylic oxidation sites excluding steroid dienone is 4. The van der Waals surface area contributed by atoms with Crippen molar-refractivity contribution in [1.29, 1.82) is 0 Å². The zero-order valence-electron chi connectivity index (χ0n) is 17.2. The lowest BCUT2D eigenvalue weighted by molar-refractivity contribution is 0.138. The maximum Gasteiger partial charge on any atom is 0.239 e. The van der Waals surface area contributed by atoms with E-state index in [9.17, 15) is 8.78 Å². The summed E-state index contributed by atoms with van der Waals surface area (Å²) in [7, 11) is 1.60. The molecule has 2 aliphatic heterocycles. The average molecular weight is 385 g/mol. The smallest absolute Gasteiger partial charge is 0.239 e. The number of fused-ring (bicyclic) bond motifs is 3. The second-order valence-electron chi connectivity index (χ2n) is 8.05. The summed E-state index contributed by atoms with van der Waals surface area (Å²) in [5, 5.41) is 0. The summed E-state index contributed by atoms with van der Waals surface area (Å²) in [6, 6.07) is 4.35. The highest BCUT2D eigenvalue weighted by atomic mass is 19.3. The molecule has 0 radical (unpaired) electrons. The van der Waals surface area contributed by atoms with Gasteiger partial charge in [0.25, 0.3) is 0 Å². The van der Waals surface area contributed by atoms with Crippen molar-refractivity contribution in [1.82, 2.24) is 4.90 Å². The SMILES string of the molecule is C=C(C)C1=CN2C(=CC1=C)c1cc(OC)c(CCC(F)F)cc1CC2C(C)C. The van der Waals surface area contributed by atoms with Crippen molar-refractivity contribution in [2.24, 2.45) is 5.92 Å². The molecular formula is C24H29F2NO. The van der Waals surface area contributed by atoms with Gasteiger partial charge in [0.05, 0.1) is 7.11 Å². The van der Waals surface area contributed by atoms with Gasteiger partial charge in [-0.05, 0) is 65.7 Å². The van der Waals surface area contributed by atoms with Crippen LogP contribution in [0.1, 0.15) is 43.9 Å². The molecule has 0 aromatic heterocycles. The number of hydrogen-bond donors (Lipinski definition) is 0. The number of halogens is 2. The average Bonchev–Trinajstić information content (AvgIpc) is 2.63. The Kier molecular flexibility index (Phi) is 5.78. The second-order valence-corrected chi connectivity index (χ2v) is 8.05. The van der Waals surface area contributed by atoms with Crippen LogP contribution in [-0.4, -0.2) is 24.5 Å². The van der Waals surface area contributed by atoms with E-state index < -0.39 is 6.43 Å². The van der Waals surface area contributed by atoms with E-state index in [1.807, 2.05) is 13.0 Å². The Morgan fingerprint density at radius 1 is 1.32 bits per heavy atom. The summed E-state index contributed by atoms with van der Waals surface area (Å²) < 4.78 is 31.0. The van der Waals surface area contributed by atoms with Crippen LogP contribution in [0.5, 0.6) is 5.75 Å². The summed E-state index contributed by atoms with van der Waals surface area (Å²) in [6.07, 6.45) is 2.98. The number of rotatable bonds is 6. The molecule has 0 saturated heterocycles. The van der Waals surface area contributed by atoms with Gasteiger partial charge >= 0.3 is 0 Å². The Morgan fingerprint density at radius 2 is 2.04 bits per heavy atom. The minimum atomic E-state index is -2.31. The van der Waals surface area contributed by atoms with Crippen LogP contribution in [0, 0.1) is 5.92 Å². The number of ether oxygens (including phenoxy) is 1. The second kappa shape index (κ2) is 7.94. The molecular weight excluding hydrogens is 356 g/mol. The lowest BCUT2D eigenvalue weighted by atomic mass is 9.82. The number of methoxy groups -OCH3 is 1. The molecule has 1 aromatic rings. The van der Waals surface area contributed by atoms with Gasteiger partial charge in [-0.2, -0.15) is 0 Å². The number of alkyl halides is 2. The standard InChI is InChI=1S/C24H29F2NO/c1-14(2)20-13-27-21(15(3)4)11-18-10-17(7-8-24(25)26)23(28-6)12-19(18)22(27)9-16(20)5/h9-10,12-13,15,21,24H,1,5,7-8,11H2,2-4,6H3. The zero-order chi connectivity index (χ0) is 20.6. The topological polar surface area (TPSA) is 12.5 Å². The fourth-order valence-corrected chi connectivity index (χ4v) is 4.10. The predicted molar refractivity (Wildman–Crippen MR) is 112 cm³/mol. The summed E-state index contributed by atoms with van der Waals surface area (Å²) in [5.41, 5.74) is 7.22. The van der Waals surface area contributed by atoms with Crippen LogP contribution in [0.2, 0.25) is 0 Å². The van der Waals surface area contributed by atoms with Gasteiger partial charge in [-0.1, -0.05) is 33.1 Å². The minimum Gasteiger partial charge on any atom is -0.496 e. The van der Waals surface area contributed by atoms with E-state index in [1.54, 1.807) is 7.11 Å². The van der Waals surface area contributed by atoms with E-state index in [0.717, 1.165) is 40.0 Å². The molecule has 0 saturated carbocycles. The molecule has 0 aliphatic carbocycles. The molecule has 0 spiro atoms. The first-order valence-corrected chi connectivity index (χ1v) is 9.78. The third-order valence-corrected chi connectivity index (χ3v) is 5.63. The third-order valence-electron chi connectivity index (χ3n) is 5.63. The van der Waals surface area contributed by atoms with Gasteiger partial charge in [-0.15, -0.1) is 0 Å². The molecule has 1 atom stereocenters. The summed E-state index contributed by atoms with van der Waals surface area (Å²) in [4.78, 5) is 2.32. The van der Waals surface area contributed by atoms with Crippen molar-refractivity contribution in [2.75, 3.05) is 7.11 Å². The molecule has 0 fully saturated rings. The molecule has 3 rings (SSSR count). The van der Waals surface area contributed by atoms with E-state index in [0.29, 0.717) is 18.1 Å². The Morgan fingerprint density at radius 3 is 2.61 bits per heavy atom. The summed E-state index contributed by atoms with van der Waals surface area (Å²) >= 11 is 0. The summed E-state index contributed by atoms with van der Waals surface area (Å²) in [5.74, 6) is 1.10. The van der Waals surface area contributed by atoms with Gasteiger partial charge < -0.3 is 9.64 Å². The fraction of sp³-hybridized carbons (Fsp3) is 0.417. The minimum absolute atomic E-state index is 0.154. The van der Waals surface area contributed by atoms with Crippen LogP contribution in [-0.2, 0) is 12.8 Å². The number of benzene rings is 1. The van der Waals surface area contributed by atoms with Crippen LogP contribution in [0.3, 0.4) is 0 Å². The molecule has 2 nitrogen and oxygen atoms in total. The highest BCUT2D eigenvalue weighted by molar-refractivity contribution is 5.78. The Balaban J connectivity index is 2.10. The molecule has 2 heterocycles. The summed E-state index contributed by atoms with van der Waals surface area (Å²) in [6.45, 7) is 14.7. The van der Waals surface area contributed by atoms with E-state index in [1.165, 1.54) is 5.56 Å². The lowest BCUT2D eigenvalue weighted by Crippen LogP contribution is -2.41. The first kappa shape index (κ1) is 20.4. The molecule has 28 heavy (non-hydrogen) atoms. The molecule has 150 valence electrons. The largest absolute Gasteiger partial charge is 0.496 e. The van der Waals surface area contributed by atoms with Crippen LogP contribution in [0.4, 0.5) is 8.78 Å². The Bertz CT molecular complexity index is 864. The quantitative estimate of drug-likeness (QED) is 0.583. The monoisotopic (exact) mass is 385 g/mol. The molecule has 4 heteroatoms. The van der Waals surface area contributed by atoms with Gasteiger partial charge in [0.2, 0.25) is 6.43 Å². The maximum atomic E-state index is 12.7. The first-order valence-electron chi connectivity index (χ1n) is 9.78. The molecule has 1 aromatic carbocycles. The van der Waals surface area contributed by atoms with Crippen molar-refractivity contribution >= 4 is 5.70 Å². The first-order chi connectivity index (χ1) is 13.2. The highest BCUT2D eigenvalue weighted by Gasteiger charge is 2.33. The van der Waals surface area contributed by atoms with Crippen LogP contribution >= 0.6 is 0 Å². The van der Waals surface area contributed by atoms with Gasteiger partial charge in [-0.3, -0.25) is 0 Å². The van der Waals surface area contributed by atoms with E-state index in [2.05, 4.69) is 50.2 Å². The zero-order valence-corrected chi connectivity index (χ0v) is 17.2. The van der Waals surface area contributed by atoms with E-state index in [-0.39, 0.29) is 12.5 Å². The van der Waals surface area contributed by atoms with Crippen molar-refractivity contribution in [2.45, 2.75) is 52.5 Å². The van der Waals surface area contributed by atoms with Crippen LogP contribution < -0.4 is 4.74 Å². The highest BCUT2D eigenvalue weighted by Crippen LogP contribution is 2.43. The van der Waals surface area contributed by atoms with Gasteiger partial charge in [0.15, 0.2) is 0 Å². The van der Waals surface area contributed by atoms with Gasteiger partial charge in [0.1, 0.15) is 5.75 Å². The van der Waals surface area contributed by atoms with Gasteiger partial charge in [0, 0.05) is 29.9 Å². The Hall–Kier alpha value is -2.36. The third kappa shape index (κ3) is 3.78. The maximum absolute atomic E-state index is 12.7. The molecule has 0 bridgehead atoms. The predicted octanol–water partition coefficient (Wildman–Crippen LogP) is 6.15. The van der Waals surface area contributed by atoms with Crippen LogP contribution in [0.15, 0.2) is 54.3 Å². The molecule has 0 N–H and O–H groups in total. The van der Waals surface area contributed by atoms with Crippen molar-refractivity contribution in [3.63, 3.8) is 0 Å². The number of aryl methyl sites for hydroxylation is 1. The molecule has 2 aliphatic rings.